The molecule has 0 amide bonds. The van der Waals surface area contributed by atoms with E-state index in [0.29, 0.717) is 6.04 Å². The van der Waals surface area contributed by atoms with E-state index in [1.807, 2.05) is 17.8 Å². The zero-order valence-corrected chi connectivity index (χ0v) is 9.29. The van der Waals surface area contributed by atoms with E-state index in [0.717, 1.165) is 16.5 Å². The lowest BCUT2D eigenvalue weighted by molar-refractivity contribution is 0.774. The van der Waals surface area contributed by atoms with Gasteiger partial charge in [-0.05, 0) is 18.9 Å². The summed E-state index contributed by atoms with van der Waals surface area (Å²) in [4.78, 5) is 4.54. The number of anilines is 1. The summed E-state index contributed by atoms with van der Waals surface area (Å²) < 4.78 is 1.84. The lowest BCUT2D eigenvalue weighted by Crippen LogP contribution is -2.00. The Morgan fingerprint density at radius 1 is 1.53 bits per heavy atom. The van der Waals surface area contributed by atoms with Crippen LogP contribution in [0.15, 0.2) is 17.6 Å². The van der Waals surface area contributed by atoms with Crippen LogP contribution in [0.5, 0.6) is 0 Å². The van der Waals surface area contributed by atoms with E-state index in [1.54, 1.807) is 17.5 Å². The average Bonchev–Trinajstić information content (AvgIpc) is 2.74. The molecule has 1 N–H and O–H groups in total. The number of hydrogen-bond acceptors (Lipinski definition) is 4. The molecule has 2 heterocycles. The molecule has 0 atom stereocenters. The van der Waals surface area contributed by atoms with Crippen LogP contribution in [0.3, 0.4) is 0 Å². The van der Waals surface area contributed by atoms with Gasteiger partial charge in [-0.1, -0.05) is 0 Å². The molecule has 0 spiro atoms. The van der Waals surface area contributed by atoms with Gasteiger partial charge in [-0.15, -0.1) is 11.3 Å². The van der Waals surface area contributed by atoms with E-state index in [2.05, 4.69) is 20.8 Å². The Kier molecular flexibility index (Phi) is 1.98. The largest absolute Gasteiger partial charge is 0.359 e. The molecule has 1 saturated carbocycles. The minimum Gasteiger partial charge on any atom is -0.359 e. The molecular weight excluding hydrogens is 208 g/mol. The highest BCUT2D eigenvalue weighted by Crippen LogP contribution is 2.29. The Hall–Kier alpha value is -1.36. The van der Waals surface area contributed by atoms with Crippen molar-refractivity contribution in [2.75, 3.05) is 5.32 Å². The van der Waals surface area contributed by atoms with Crippen molar-refractivity contribution in [1.82, 2.24) is 14.8 Å². The summed E-state index contributed by atoms with van der Waals surface area (Å²) in [6.07, 6.45) is 4.35. The lowest BCUT2D eigenvalue weighted by Gasteiger charge is -1.98. The van der Waals surface area contributed by atoms with Crippen molar-refractivity contribution in [3.63, 3.8) is 0 Å². The summed E-state index contributed by atoms with van der Waals surface area (Å²) in [5.41, 5.74) is 2.07. The molecule has 2 aromatic heterocycles. The molecule has 0 aliphatic heterocycles. The van der Waals surface area contributed by atoms with Crippen LogP contribution in [-0.4, -0.2) is 20.8 Å². The number of rotatable bonds is 3. The fourth-order valence-corrected chi connectivity index (χ4v) is 2.27. The third-order valence-corrected chi connectivity index (χ3v) is 3.27. The van der Waals surface area contributed by atoms with Crippen molar-refractivity contribution in [3.8, 4) is 11.4 Å². The molecule has 0 bridgehead atoms. The average molecular weight is 220 g/mol. The van der Waals surface area contributed by atoms with Crippen LogP contribution in [0.1, 0.15) is 12.8 Å². The van der Waals surface area contributed by atoms with Gasteiger partial charge < -0.3 is 5.32 Å². The van der Waals surface area contributed by atoms with Crippen molar-refractivity contribution < 1.29 is 0 Å². The Morgan fingerprint density at radius 2 is 2.40 bits per heavy atom. The normalized spacial score (nSPS) is 15.5. The van der Waals surface area contributed by atoms with Gasteiger partial charge in [0, 0.05) is 24.7 Å². The summed E-state index contributed by atoms with van der Waals surface area (Å²) in [5.74, 6) is 0. The number of nitrogens with one attached hydrogen (secondary N) is 1. The van der Waals surface area contributed by atoms with Gasteiger partial charge in [0.25, 0.3) is 0 Å². The summed E-state index contributed by atoms with van der Waals surface area (Å²) >= 11 is 1.66. The highest BCUT2D eigenvalue weighted by molar-refractivity contribution is 7.14. The number of thiazole rings is 1. The van der Waals surface area contributed by atoms with Crippen molar-refractivity contribution in [2.24, 2.45) is 7.05 Å². The van der Waals surface area contributed by atoms with E-state index in [9.17, 15) is 0 Å². The fourth-order valence-electron chi connectivity index (χ4n) is 1.49. The second kappa shape index (κ2) is 3.34. The summed E-state index contributed by atoms with van der Waals surface area (Å²) in [5, 5.41) is 10.6. The maximum atomic E-state index is 4.54. The highest BCUT2D eigenvalue weighted by atomic mass is 32.1. The molecule has 0 saturated heterocycles. The van der Waals surface area contributed by atoms with E-state index in [-0.39, 0.29) is 0 Å². The monoisotopic (exact) mass is 220 g/mol. The van der Waals surface area contributed by atoms with E-state index < -0.39 is 0 Å². The first-order chi connectivity index (χ1) is 7.33. The van der Waals surface area contributed by atoms with Gasteiger partial charge in [0.2, 0.25) is 0 Å². The van der Waals surface area contributed by atoms with Crippen LogP contribution in [0.4, 0.5) is 5.13 Å². The van der Waals surface area contributed by atoms with E-state index in [4.69, 9.17) is 0 Å². The second-order valence-corrected chi connectivity index (χ2v) is 4.65. The Balaban J connectivity index is 1.86. The van der Waals surface area contributed by atoms with Crippen LogP contribution >= 0.6 is 11.3 Å². The molecule has 1 aliphatic rings. The fraction of sp³-hybridized carbons (Fsp3) is 0.400. The van der Waals surface area contributed by atoms with E-state index >= 15 is 0 Å². The maximum Gasteiger partial charge on any atom is 0.183 e. The predicted molar refractivity (Wildman–Crippen MR) is 61.0 cm³/mol. The molecule has 0 radical (unpaired) electrons. The standard InChI is InChI=1S/C10H12N4S/c1-14-9(4-5-11-14)8-6-15-10(13-8)12-7-2-3-7/h4-7H,2-3H2,1H3,(H,12,13). The molecule has 15 heavy (non-hydrogen) atoms. The van der Waals surface area contributed by atoms with Gasteiger partial charge >= 0.3 is 0 Å². The van der Waals surface area contributed by atoms with Gasteiger partial charge in [0.05, 0.1) is 5.69 Å². The zero-order chi connectivity index (χ0) is 10.3. The smallest absolute Gasteiger partial charge is 0.183 e. The molecule has 1 aliphatic carbocycles. The molecular formula is C10H12N4S. The first kappa shape index (κ1) is 8.91. The highest BCUT2D eigenvalue weighted by Gasteiger charge is 2.22. The van der Waals surface area contributed by atoms with Crippen molar-refractivity contribution >= 4 is 16.5 Å². The van der Waals surface area contributed by atoms with Gasteiger partial charge in [0.15, 0.2) is 5.13 Å². The molecule has 0 unspecified atom stereocenters. The summed E-state index contributed by atoms with van der Waals surface area (Å²) in [6, 6.07) is 2.64. The van der Waals surface area contributed by atoms with Crippen molar-refractivity contribution in [1.29, 1.82) is 0 Å². The third kappa shape index (κ3) is 1.74. The predicted octanol–water partition coefficient (Wildman–Crippen LogP) is 2.12. The third-order valence-electron chi connectivity index (χ3n) is 2.49. The number of nitrogens with zero attached hydrogens (tertiary/aromatic N) is 3. The molecule has 1 fully saturated rings. The molecule has 4 nitrogen and oxygen atoms in total. The Morgan fingerprint density at radius 3 is 3.07 bits per heavy atom. The van der Waals surface area contributed by atoms with Gasteiger partial charge in [-0.25, -0.2) is 4.98 Å². The topological polar surface area (TPSA) is 42.7 Å². The first-order valence-electron chi connectivity index (χ1n) is 5.03. The van der Waals surface area contributed by atoms with E-state index in [1.165, 1.54) is 12.8 Å². The van der Waals surface area contributed by atoms with Crippen LogP contribution in [-0.2, 0) is 7.05 Å². The second-order valence-electron chi connectivity index (χ2n) is 3.80. The molecule has 2 aromatic rings. The SMILES string of the molecule is Cn1nccc1-c1csc(NC2CC2)n1. The number of aryl methyl sites for hydroxylation is 1. The Labute approximate surface area is 92.0 Å². The Bertz CT molecular complexity index is 469. The maximum absolute atomic E-state index is 4.54. The summed E-state index contributed by atoms with van der Waals surface area (Å²) in [7, 11) is 1.93. The number of hydrogen-bond donors (Lipinski definition) is 1. The lowest BCUT2D eigenvalue weighted by atomic mass is 10.3. The summed E-state index contributed by atoms with van der Waals surface area (Å²) in [6.45, 7) is 0. The zero-order valence-electron chi connectivity index (χ0n) is 8.47. The minimum atomic E-state index is 0.663. The van der Waals surface area contributed by atoms with Crippen molar-refractivity contribution in [2.45, 2.75) is 18.9 Å². The number of aromatic nitrogens is 3. The molecule has 78 valence electrons. The van der Waals surface area contributed by atoms with Crippen LogP contribution in [0, 0.1) is 0 Å². The first-order valence-corrected chi connectivity index (χ1v) is 5.91. The van der Waals surface area contributed by atoms with Gasteiger partial charge in [0.1, 0.15) is 5.69 Å². The molecule has 5 heteroatoms. The van der Waals surface area contributed by atoms with Gasteiger partial charge in [-0.3, -0.25) is 4.68 Å². The van der Waals surface area contributed by atoms with Gasteiger partial charge in [-0.2, -0.15) is 5.10 Å². The molecule has 3 rings (SSSR count). The van der Waals surface area contributed by atoms with Crippen LogP contribution in [0.2, 0.25) is 0 Å². The minimum absolute atomic E-state index is 0.663. The van der Waals surface area contributed by atoms with Crippen LogP contribution in [0.25, 0.3) is 11.4 Å². The molecule has 0 aromatic carbocycles. The van der Waals surface area contributed by atoms with Crippen LogP contribution < -0.4 is 5.32 Å². The van der Waals surface area contributed by atoms with Crippen molar-refractivity contribution in [3.05, 3.63) is 17.6 Å². The quantitative estimate of drug-likeness (QED) is 0.861.